The van der Waals surface area contributed by atoms with Crippen molar-refractivity contribution >= 4 is 23.2 Å². The van der Waals surface area contributed by atoms with Crippen LogP contribution < -0.4 is 10.2 Å². The minimum Gasteiger partial charge on any atom is -0.315 e. The van der Waals surface area contributed by atoms with Crippen molar-refractivity contribution < 1.29 is 4.79 Å². The topological polar surface area (TPSA) is 32.3 Å². The second-order valence-electron chi connectivity index (χ2n) is 6.52. The van der Waals surface area contributed by atoms with Crippen molar-refractivity contribution in [1.29, 1.82) is 0 Å². The number of amides is 1. The van der Waals surface area contributed by atoms with Gasteiger partial charge in [-0.3, -0.25) is 4.79 Å². The molecule has 1 saturated heterocycles. The summed E-state index contributed by atoms with van der Waals surface area (Å²) in [7, 11) is 0. The van der Waals surface area contributed by atoms with Crippen molar-refractivity contribution in [1.82, 2.24) is 5.32 Å². The number of carbonyl (C=O) groups is 1. The number of halogens is 1. The summed E-state index contributed by atoms with van der Waals surface area (Å²) in [5.41, 5.74) is 0.994. The van der Waals surface area contributed by atoms with E-state index in [9.17, 15) is 4.79 Å². The van der Waals surface area contributed by atoms with Crippen LogP contribution in [0.3, 0.4) is 0 Å². The van der Waals surface area contributed by atoms with Gasteiger partial charge in [0.2, 0.25) is 5.91 Å². The van der Waals surface area contributed by atoms with Crippen LogP contribution in [0.5, 0.6) is 0 Å². The number of nitrogens with zero attached hydrogens (tertiary/aromatic N) is 1. The summed E-state index contributed by atoms with van der Waals surface area (Å²) in [4.78, 5) is 15.2. The Morgan fingerprint density at radius 3 is 2.41 bits per heavy atom. The molecule has 0 bridgehead atoms. The standard InChI is InChI=1S/C18H25ClN2O/c19-15-8-10-16(11-9-15)21(17-7-4-12-20-13-17)18(22)14-5-2-1-3-6-14/h8-11,14,17,20H,1-7,12-13H2/t17-/m1/s1. The molecule has 1 N–H and O–H groups in total. The van der Waals surface area contributed by atoms with E-state index < -0.39 is 0 Å². The summed E-state index contributed by atoms with van der Waals surface area (Å²) in [6.07, 6.45) is 7.95. The summed E-state index contributed by atoms with van der Waals surface area (Å²) in [6.45, 7) is 1.95. The van der Waals surface area contributed by atoms with Gasteiger partial charge in [0.15, 0.2) is 0 Å². The number of benzene rings is 1. The van der Waals surface area contributed by atoms with E-state index >= 15 is 0 Å². The number of piperidine rings is 1. The van der Waals surface area contributed by atoms with Gasteiger partial charge in [0.05, 0.1) is 0 Å². The average molecular weight is 321 g/mol. The lowest BCUT2D eigenvalue weighted by Crippen LogP contribution is -2.51. The number of nitrogens with one attached hydrogen (secondary N) is 1. The van der Waals surface area contributed by atoms with Crippen molar-refractivity contribution in [3.05, 3.63) is 29.3 Å². The first-order valence-corrected chi connectivity index (χ1v) is 8.93. The second-order valence-corrected chi connectivity index (χ2v) is 6.96. The lowest BCUT2D eigenvalue weighted by Gasteiger charge is -2.37. The largest absolute Gasteiger partial charge is 0.315 e. The van der Waals surface area contributed by atoms with Gasteiger partial charge in [0, 0.05) is 29.2 Å². The molecule has 3 nitrogen and oxygen atoms in total. The highest BCUT2D eigenvalue weighted by molar-refractivity contribution is 6.30. The SMILES string of the molecule is O=C(C1CCCCC1)N(c1ccc(Cl)cc1)[C@@H]1CCCNC1. The van der Waals surface area contributed by atoms with Gasteiger partial charge in [-0.05, 0) is 56.5 Å². The molecular weight excluding hydrogens is 296 g/mol. The molecule has 120 valence electrons. The summed E-state index contributed by atoms with van der Waals surface area (Å²) < 4.78 is 0. The molecule has 0 unspecified atom stereocenters. The zero-order chi connectivity index (χ0) is 15.4. The van der Waals surface area contributed by atoms with Crippen LogP contribution in [0.2, 0.25) is 5.02 Å². The fourth-order valence-corrected chi connectivity index (χ4v) is 3.85. The van der Waals surface area contributed by atoms with Gasteiger partial charge < -0.3 is 10.2 Å². The number of hydrogen-bond acceptors (Lipinski definition) is 2. The summed E-state index contributed by atoms with van der Waals surface area (Å²) in [5.74, 6) is 0.516. The second kappa shape index (κ2) is 7.47. The first-order valence-electron chi connectivity index (χ1n) is 8.55. The van der Waals surface area contributed by atoms with E-state index in [0.29, 0.717) is 5.91 Å². The molecule has 1 atom stereocenters. The predicted molar refractivity (Wildman–Crippen MR) is 91.4 cm³/mol. The predicted octanol–water partition coefficient (Wildman–Crippen LogP) is 4.01. The van der Waals surface area contributed by atoms with Gasteiger partial charge in [-0.15, -0.1) is 0 Å². The zero-order valence-corrected chi connectivity index (χ0v) is 13.8. The van der Waals surface area contributed by atoms with Crippen LogP contribution >= 0.6 is 11.6 Å². The van der Waals surface area contributed by atoms with E-state index in [1.54, 1.807) is 0 Å². The van der Waals surface area contributed by atoms with Crippen molar-refractivity contribution in [2.24, 2.45) is 5.92 Å². The number of anilines is 1. The van der Waals surface area contributed by atoms with Gasteiger partial charge in [-0.25, -0.2) is 0 Å². The lowest BCUT2D eigenvalue weighted by atomic mass is 9.87. The number of hydrogen-bond donors (Lipinski definition) is 1. The average Bonchev–Trinajstić information content (AvgIpc) is 2.58. The summed E-state index contributed by atoms with van der Waals surface area (Å²) >= 11 is 6.01. The molecule has 2 fully saturated rings. The molecule has 0 spiro atoms. The maximum atomic E-state index is 13.1. The van der Waals surface area contributed by atoms with Gasteiger partial charge >= 0.3 is 0 Å². The Kier molecular flexibility index (Phi) is 5.37. The Bertz CT molecular complexity index is 490. The fraction of sp³-hybridized carbons (Fsp3) is 0.611. The van der Waals surface area contributed by atoms with Crippen molar-refractivity contribution in [3.8, 4) is 0 Å². The highest BCUT2D eigenvalue weighted by Crippen LogP contribution is 2.30. The monoisotopic (exact) mass is 320 g/mol. The van der Waals surface area contributed by atoms with Crippen LogP contribution in [0.4, 0.5) is 5.69 Å². The van der Waals surface area contributed by atoms with Gasteiger partial charge in [0.25, 0.3) is 0 Å². The summed E-state index contributed by atoms with van der Waals surface area (Å²) in [5, 5.41) is 4.15. The minimum absolute atomic E-state index is 0.200. The highest BCUT2D eigenvalue weighted by atomic mass is 35.5. The number of rotatable bonds is 3. The Morgan fingerprint density at radius 1 is 1.05 bits per heavy atom. The first-order chi connectivity index (χ1) is 10.8. The van der Waals surface area contributed by atoms with E-state index in [4.69, 9.17) is 11.6 Å². The molecule has 2 aliphatic rings. The zero-order valence-electron chi connectivity index (χ0n) is 13.1. The Labute approximate surface area is 138 Å². The smallest absolute Gasteiger partial charge is 0.230 e. The molecule has 1 aliphatic carbocycles. The van der Waals surface area contributed by atoms with E-state index in [-0.39, 0.29) is 12.0 Å². The molecule has 1 heterocycles. The number of carbonyl (C=O) groups excluding carboxylic acids is 1. The Hall–Kier alpha value is -1.06. The van der Waals surface area contributed by atoms with Crippen LogP contribution in [0, 0.1) is 5.92 Å². The normalized spacial score (nSPS) is 23.2. The molecule has 1 aromatic carbocycles. The molecule has 3 rings (SSSR count). The highest BCUT2D eigenvalue weighted by Gasteiger charge is 2.32. The van der Waals surface area contributed by atoms with E-state index in [1.165, 1.54) is 19.3 Å². The molecule has 1 saturated carbocycles. The van der Waals surface area contributed by atoms with Gasteiger partial charge in [-0.1, -0.05) is 30.9 Å². The summed E-state index contributed by atoms with van der Waals surface area (Å²) in [6, 6.07) is 8.00. The molecule has 1 amide bonds. The molecular formula is C18H25ClN2O. The van der Waals surface area contributed by atoms with Crippen LogP contribution in [0.25, 0.3) is 0 Å². The van der Waals surface area contributed by atoms with Gasteiger partial charge in [0.1, 0.15) is 0 Å². The maximum absolute atomic E-state index is 13.1. The van der Waals surface area contributed by atoms with Crippen LogP contribution in [0.15, 0.2) is 24.3 Å². The molecule has 0 aromatic heterocycles. The molecule has 22 heavy (non-hydrogen) atoms. The molecule has 0 radical (unpaired) electrons. The first kappa shape index (κ1) is 15.8. The molecule has 1 aliphatic heterocycles. The third-order valence-electron chi connectivity index (χ3n) is 4.93. The van der Waals surface area contributed by atoms with E-state index in [2.05, 4.69) is 10.2 Å². The van der Waals surface area contributed by atoms with Crippen LogP contribution in [0.1, 0.15) is 44.9 Å². The lowest BCUT2D eigenvalue weighted by molar-refractivity contribution is -0.123. The van der Waals surface area contributed by atoms with Gasteiger partial charge in [-0.2, -0.15) is 0 Å². The quantitative estimate of drug-likeness (QED) is 0.912. The molecule has 1 aromatic rings. The van der Waals surface area contributed by atoms with E-state index in [0.717, 1.165) is 49.5 Å². The van der Waals surface area contributed by atoms with E-state index in [1.807, 2.05) is 24.3 Å². The van der Waals surface area contributed by atoms with Crippen LogP contribution in [-0.2, 0) is 4.79 Å². The third kappa shape index (κ3) is 3.64. The minimum atomic E-state index is 0.200. The van der Waals surface area contributed by atoms with Crippen molar-refractivity contribution in [2.75, 3.05) is 18.0 Å². The van der Waals surface area contributed by atoms with Crippen molar-refractivity contribution in [3.63, 3.8) is 0 Å². The van der Waals surface area contributed by atoms with Crippen molar-refractivity contribution in [2.45, 2.75) is 51.0 Å². The third-order valence-corrected chi connectivity index (χ3v) is 5.18. The van der Waals surface area contributed by atoms with Crippen LogP contribution in [-0.4, -0.2) is 25.0 Å². The molecule has 4 heteroatoms. The maximum Gasteiger partial charge on any atom is 0.230 e. The Morgan fingerprint density at radius 2 is 1.77 bits per heavy atom. The fourth-order valence-electron chi connectivity index (χ4n) is 3.72. The Balaban J connectivity index is 1.84.